The minimum atomic E-state index is -0.326. The number of nitrogen functional groups attached to an aromatic ring is 1. The lowest BCUT2D eigenvalue weighted by Crippen LogP contribution is -2.15. The highest BCUT2D eigenvalue weighted by atomic mass is 16.5. The van der Waals surface area contributed by atoms with Crippen molar-refractivity contribution in [3.8, 4) is 0 Å². The molecule has 0 aliphatic carbocycles. The summed E-state index contributed by atoms with van der Waals surface area (Å²) >= 11 is 0. The molecule has 0 fully saturated rings. The van der Waals surface area contributed by atoms with E-state index < -0.39 is 0 Å². The number of hydrogen-bond donors (Lipinski definition) is 2. The van der Waals surface area contributed by atoms with Gasteiger partial charge >= 0.3 is 5.97 Å². The molecule has 0 amide bonds. The molecule has 2 aromatic carbocycles. The average molecular weight is 364 g/mol. The molecule has 3 aromatic rings. The van der Waals surface area contributed by atoms with Gasteiger partial charge in [0.25, 0.3) is 0 Å². The molecule has 0 aliphatic heterocycles. The first kappa shape index (κ1) is 18.7. The van der Waals surface area contributed by atoms with Gasteiger partial charge in [0.05, 0.1) is 24.2 Å². The van der Waals surface area contributed by atoms with Crippen LogP contribution in [0.2, 0.25) is 0 Å². The minimum Gasteiger partial charge on any atom is -0.463 e. The van der Waals surface area contributed by atoms with Crippen molar-refractivity contribution < 1.29 is 9.53 Å². The number of nitrogens with zero attached hydrogens (tertiary/aromatic N) is 2. The molecular formula is C21H24N4O2. The summed E-state index contributed by atoms with van der Waals surface area (Å²) in [6.45, 7) is 3.56. The van der Waals surface area contributed by atoms with E-state index in [2.05, 4.69) is 14.9 Å². The van der Waals surface area contributed by atoms with Gasteiger partial charge in [-0.2, -0.15) is 0 Å². The Morgan fingerprint density at radius 1 is 1.22 bits per heavy atom. The number of rotatable bonds is 7. The van der Waals surface area contributed by atoms with Gasteiger partial charge in [0.1, 0.15) is 5.82 Å². The van der Waals surface area contributed by atoms with Gasteiger partial charge in [-0.1, -0.05) is 24.3 Å². The number of fused-ring (bicyclic) bond motifs is 1. The molecule has 0 saturated heterocycles. The van der Waals surface area contributed by atoms with Crippen molar-refractivity contribution in [1.29, 1.82) is 0 Å². The molecule has 6 nitrogen and oxygen atoms in total. The van der Waals surface area contributed by atoms with Crippen LogP contribution in [0.15, 0.2) is 48.5 Å². The Morgan fingerprint density at radius 3 is 2.74 bits per heavy atom. The van der Waals surface area contributed by atoms with Crippen molar-refractivity contribution in [2.24, 2.45) is 7.05 Å². The number of aromatic nitrogens is 2. The lowest BCUT2D eigenvalue weighted by Gasteiger charge is -2.06. The molecule has 1 heterocycles. The Kier molecular flexibility index (Phi) is 5.88. The number of carbonyl (C=O) groups excluding carboxylic acids is 1. The highest BCUT2D eigenvalue weighted by molar-refractivity contribution is 5.87. The van der Waals surface area contributed by atoms with E-state index in [1.54, 1.807) is 13.0 Å². The van der Waals surface area contributed by atoms with Gasteiger partial charge in [-0.05, 0) is 42.3 Å². The first-order valence-electron chi connectivity index (χ1n) is 8.92. The van der Waals surface area contributed by atoms with Crippen LogP contribution in [0, 0.1) is 0 Å². The predicted molar refractivity (Wildman–Crippen MR) is 108 cm³/mol. The van der Waals surface area contributed by atoms with Gasteiger partial charge in [0.15, 0.2) is 0 Å². The maximum atomic E-state index is 11.3. The maximum absolute atomic E-state index is 11.3. The fraction of sp³-hybridized carbons (Fsp3) is 0.238. The van der Waals surface area contributed by atoms with Crippen LogP contribution in [0.4, 0.5) is 5.69 Å². The smallest absolute Gasteiger partial charge is 0.330 e. The first-order chi connectivity index (χ1) is 13.1. The molecule has 0 atom stereocenters. The van der Waals surface area contributed by atoms with E-state index in [0.717, 1.165) is 40.2 Å². The van der Waals surface area contributed by atoms with E-state index in [9.17, 15) is 4.79 Å². The second-order valence-electron chi connectivity index (χ2n) is 6.27. The quantitative estimate of drug-likeness (QED) is 0.383. The van der Waals surface area contributed by atoms with Gasteiger partial charge in [-0.25, -0.2) is 9.78 Å². The second-order valence-corrected chi connectivity index (χ2v) is 6.27. The standard InChI is InChI=1S/C21H24N4O2/c1-3-27-21(26)11-8-15-4-6-16(7-5-15)13-23-14-20-24-18-12-17(22)9-10-19(18)25(20)2/h4-12,23H,3,13-14,22H2,1-2H3/b11-8+. The lowest BCUT2D eigenvalue weighted by atomic mass is 10.1. The summed E-state index contributed by atoms with van der Waals surface area (Å²) in [5.74, 6) is 0.636. The number of nitrogens with two attached hydrogens (primary N) is 1. The van der Waals surface area contributed by atoms with Crippen LogP contribution >= 0.6 is 0 Å². The fourth-order valence-corrected chi connectivity index (χ4v) is 2.84. The SMILES string of the molecule is CCOC(=O)/C=C/c1ccc(CNCc2nc3cc(N)ccc3n2C)cc1. The monoisotopic (exact) mass is 364 g/mol. The number of aryl methyl sites for hydroxylation is 1. The molecule has 0 radical (unpaired) electrons. The fourth-order valence-electron chi connectivity index (χ4n) is 2.84. The Hall–Kier alpha value is -3.12. The van der Waals surface area contributed by atoms with E-state index in [1.807, 2.05) is 49.5 Å². The largest absolute Gasteiger partial charge is 0.463 e. The van der Waals surface area contributed by atoms with Crippen LogP contribution < -0.4 is 11.1 Å². The van der Waals surface area contributed by atoms with Crippen molar-refractivity contribution in [2.45, 2.75) is 20.0 Å². The Morgan fingerprint density at radius 2 is 2.00 bits per heavy atom. The van der Waals surface area contributed by atoms with Crippen LogP contribution in [0.5, 0.6) is 0 Å². The number of ether oxygens (including phenoxy) is 1. The molecule has 0 saturated carbocycles. The molecule has 3 rings (SSSR count). The molecule has 0 aliphatic rings. The van der Waals surface area contributed by atoms with Gasteiger partial charge in [0, 0.05) is 25.4 Å². The van der Waals surface area contributed by atoms with Crippen molar-refractivity contribution in [1.82, 2.24) is 14.9 Å². The average Bonchev–Trinajstić information content (AvgIpc) is 2.96. The van der Waals surface area contributed by atoms with Gasteiger partial charge in [-0.3, -0.25) is 0 Å². The third-order valence-corrected chi connectivity index (χ3v) is 4.29. The number of esters is 1. The zero-order valence-corrected chi connectivity index (χ0v) is 15.6. The Labute approximate surface area is 158 Å². The predicted octanol–water partition coefficient (Wildman–Crippen LogP) is 3.02. The van der Waals surface area contributed by atoms with Crippen molar-refractivity contribution >= 4 is 28.8 Å². The number of nitrogens with one attached hydrogen (secondary N) is 1. The molecule has 3 N–H and O–H groups in total. The summed E-state index contributed by atoms with van der Waals surface area (Å²) in [6.07, 6.45) is 3.19. The number of hydrogen-bond acceptors (Lipinski definition) is 5. The third-order valence-electron chi connectivity index (χ3n) is 4.29. The topological polar surface area (TPSA) is 82.2 Å². The van der Waals surface area contributed by atoms with Crippen LogP contribution in [0.25, 0.3) is 17.1 Å². The zero-order valence-electron chi connectivity index (χ0n) is 15.6. The first-order valence-corrected chi connectivity index (χ1v) is 8.92. The second kappa shape index (κ2) is 8.51. The zero-order chi connectivity index (χ0) is 19.2. The maximum Gasteiger partial charge on any atom is 0.330 e. The van der Waals surface area contributed by atoms with E-state index in [-0.39, 0.29) is 5.97 Å². The molecule has 27 heavy (non-hydrogen) atoms. The number of anilines is 1. The van der Waals surface area contributed by atoms with Gasteiger partial charge in [-0.15, -0.1) is 0 Å². The van der Waals surface area contributed by atoms with Crippen LogP contribution in [0.1, 0.15) is 23.9 Å². The lowest BCUT2D eigenvalue weighted by molar-refractivity contribution is -0.137. The minimum absolute atomic E-state index is 0.326. The van der Waals surface area contributed by atoms with Crippen molar-refractivity contribution in [3.63, 3.8) is 0 Å². The molecule has 140 valence electrons. The highest BCUT2D eigenvalue weighted by Gasteiger charge is 2.07. The molecule has 0 bridgehead atoms. The Balaban J connectivity index is 1.56. The summed E-state index contributed by atoms with van der Waals surface area (Å²) in [5, 5.41) is 3.41. The van der Waals surface area contributed by atoms with Crippen molar-refractivity contribution in [3.05, 3.63) is 65.5 Å². The number of imidazole rings is 1. The molecule has 0 spiro atoms. The van der Waals surface area contributed by atoms with Gasteiger partial charge < -0.3 is 20.4 Å². The Bertz CT molecular complexity index is 958. The van der Waals surface area contributed by atoms with Crippen LogP contribution in [-0.4, -0.2) is 22.1 Å². The summed E-state index contributed by atoms with van der Waals surface area (Å²) in [6, 6.07) is 13.8. The van der Waals surface area contributed by atoms with Crippen LogP contribution in [-0.2, 0) is 29.7 Å². The number of carbonyl (C=O) groups is 1. The van der Waals surface area contributed by atoms with E-state index in [0.29, 0.717) is 13.2 Å². The van der Waals surface area contributed by atoms with E-state index >= 15 is 0 Å². The van der Waals surface area contributed by atoms with Gasteiger partial charge in [0.2, 0.25) is 0 Å². The van der Waals surface area contributed by atoms with E-state index in [1.165, 1.54) is 6.08 Å². The third kappa shape index (κ3) is 4.74. The summed E-state index contributed by atoms with van der Waals surface area (Å²) < 4.78 is 6.94. The van der Waals surface area contributed by atoms with Crippen molar-refractivity contribution in [2.75, 3.05) is 12.3 Å². The van der Waals surface area contributed by atoms with Crippen LogP contribution in [0.3, 0.4) is 0 Å². The summed E-state index contributed by atoms with van der Waals surface area (Å²) in [7, 11) is 2.01. The molecule has 6 heteroatoms. The molecule has 0 unspecified atom stereocenters. The van der Waals surface area contributed by atoms with E-state index in [4.69, 9.17) is 10.5 Å². The normalized spacial score (nSPS) is 11.3. The number of benzene rings is 2. The summed E-state index contributed by atoms with van der Waals surface area (Å²) in [5.41, 5.74) is 10.6. The molecule has 1 aromatic heterocycles. The summed E-state index contributed by atoms with van der Waals surface area (Å²) in [4.78, 5) is 16.0. The molecular weight excluding hydrogens is 340 g/mol. The highest BCUT2D eigenvalue weighted by Crippen LogP contribution is 2.17.